The zero-order chi connectivity index (χ0) is 11.4. The van der Waals surface area contributed by atoms with Gasteiger partial charge < -0.3 is 15.4 Å². The lowest BCUT2D eigenvalue weighted by molar-refractivity contribution is -0.107. The molecule has 15 heavy (non-hydrogen) atoms. The van der Waals surface area contributed by atoms with Gasteiger partial charge in [0.05, 0.1) is 6.20 Å². The molecule has 1 aromatic heterocycles. The third-order valence-electron chi connectivity index (χ3n) is 1.89. The highest BCUT2D eigenvalue weighted by Gasteiger charge is 2.13. The molecule has 1 unspecified atom stereocenters. The third kappa shape index (κ3) is 2.69. The quantitative estimate of drug-likeness (QED) is 0.682. The van der Waals surface area contributed by atoms with Crippen LogP contribution < -0.4 is 15.4 Å². The van der Waals surface area contributed by atoms with Gasteiger partial charge in [0.1, 0.15) is 12.3 Å². The monoisotopic (exact) mass is 212 g/mol. The van der Waals surface area contributed by atoms with Crippen molar-refractivity contribution in [3.63, 3.8) is 0 Å². The van der Waals surface area contributed by atoms with Gasteiger partial charge in [-0.15, -0.1) is 0 Å². The van der Waals surface area contributed by atoms with Gasteiger partial charge in [-0.05, 0) is 6.92 Å². The molecule has 0 radical (unpaired) electrons. The van der Waals surface area contributed by atoms with Crippen molar-refractivity contribution in [1.82, 2.24) is 9.78 Å². The summed E-state index contributed by atoms with van der Waals surface area (Å²) in [6.07, 6.45) is 2.28. The van der Waals surface area contributed by atoms with Gasteiger partial charge in [0.15, 0.2) is 0 Å². The number of ether oxygens (including phenoxy) is 1. The molecule has 0 aliphatic rings. The Morgan fingerprint density at radius 2 is 2.47 bits per heavy atom. The van der Waals surface area contributed by atoms with E-state index in [0.717, 1.165) is 0 Å². The number of amides is 1. The maximum absolute atomic E-state index is 10.6. The highest BCUT2D eigenvalue weighted by molar-refractivity contribution is 5.76. The molecule has 0 saturated carbocycles. The topological polar surface area (TPSA) is 73.4 Å². The summed E-state index contributed by atoms with van der Waals surface area (Å²) in [6, 6.07) is -0.0608. The molecule has 6 heteroatoms. The van der Waals surface area contributed by atoms with Crippen molar-refractivity contribution in [2.45, 2.75) is 13.0 Å². The minimum Gasteiger partial charge on any atom is -0.475 e. The summed E-state index contributed by atoms with van der Waals surface area (Å²) in [5.41, 5.74) is 6.21. The second kappa shape index (κ2) is 4.79. The van der Waals surface area contributed by atoms with E-state index in [4.69, 9.17) is 10.5 Å². The minimum atomic E-state index is -0.0608. The number of aryl methyl sites for hydroxylation is 1. The number of nitrogens with zero attached hydrogens (tertiary/aromatic N) is 3. The summed E-state index contributed by atoms with van der Waals surface area (Å²) in [7, 11) is 3.39. The Balaban J connectivity index is 2.84. The fourth-order valence-corrected chi connectivity index (χ4v) is 1.09. The van der Waals surface area contributed by atoms with Crippen molar-refractivity contribution in [3.8, 4) is 5.88 Å². The molecule has 0 fully saturated rings. The Morgan fingerprint density at radius 3 is 3.00 bits per heavy atom. The second-order valence-electron chi connectivity index (χ2n) is 3.46. The number of anilines is 1. The highest BCUT2D eigenvalue weighted by atomic mass is 16.5. The van der Waals surface area contributed by atoms with Crippen molar-refractivity contribution < 1.29 is 9.53 Å². The fraction of sp³-hybridized carbons (Fsp3) is 0.556. The largest absolute Gasteiger partial charge is 0.475 e. The molecule has 6 nitrogen and oxygen atoms in total. The number of aromatic nitrogens is 2. The number of carbonyl (C=O) groups excluding carboxylic acids is 1. The first-order valence-corrected chi connectivity index (χ1v) is 4.64. The third-order valence-corrected chi connectivity index (χ3v) is 1.89. The van der Waals surface area contributed by atoms with Crippen molar-refractivity contribution in [3.05, 3.63) is 6.20 Å². The Kier molecular flexibility index (Phi) is 3.68. The SMILES string of the molecule is CC(N)COc1c(N(C)C=O)cnn1C. The molecule has 84 valence electrons. The lowest BCUT2D eigenvalue weighted by atomic mass is 10.4. The van der Waals surface area contributed by atoms with E-state index >= 15 is 0 Å². The van der Waals surface area contributed by atoms with Gasteiger partial charge in [0.25, 0.3) is 0 Å². The Morgan fingerprint density at radius 1 is 1.80 bits per heavy atom. The van der Waals surface area contributed by atoms with Crippen LogP contribution >= 0.6 is 0 Å². The predicted molar refractivity (Wildman–Crippen MR) is 56.8 cm³/mol. The normalized spacial score (nSPS) is 12.3. The number of rotatable bonds is 5. The first-order chi connectivity index (χ1) is 7.06. The van der Waals surface area contributed by atoms with Crippen LogP contribution in [-0.2, 0) is 11.8 Å². The van der Waals surface area contributed by atoms with Gasteiger partial charge in [0, 0.05) is 20.1 Å². The maximum Gasteiger partial charge on any atom is 0.236 e. The van der Waals surface area contributed by atoms with Crippen LogP contribution in [0.5, 0.6) is 5.88 Å². The maximum atomic E-state index is 10.6. The average molecular weight is 212 g/mol. The Hall–Kier alpha value is -1.56. The molecule has 1 heterocycles. The van der Waals surface area contributed by atoms with E-state index in [1.165, 1.54) is 4.90 Å². The van der Waals surface area contributed by atoms with Crippen LogP contribution in [0.25, 0.3) is 0 Å². The molecular formula is C9H16N4O2. The first-order valence-electron chi connectivity index (χ1n) is 4.64. The van der Waals surface area contributed by atoms with Gasteiger partial charge in [-0.25, -0.2) is 4.68 Å². The van der Waals surface area contributed by atoms with Gasteiger partial charge in [-0.1, -0.05) is 0 Å². The van der Waals surface area contributed by atoms with Crippen LogP contribution in [0.3, 0.4) is 0 Å². The van der Waals surface area contributed by atoms with Gasteiger partial charge in [-0.2, -0.15) is 5.10 Å². The fourth-order valence-electron chi connectivity index (χ4n) is 1.09. The lowest BCUT2D eigenvalue weighted by Gasteiger charge is -2.14. The summed E-state index contributed by atoms with van der Waals surface area (Å²) >= 11 is 0. The summed E-state index contributed by atoms with van der Waals surface area (Å²) in [5.74, 6) is 0.543. The van der Waals surface area contributed by atoms with E-state index in [-0.39, 0.29) is 6.04 Å². The van der Waals surface area contributed by atoms with Crippen molar-refractivity contribution in [1.29, 1.82) is 0 Å². The molecule has 0 saturated heterocycles. The summed E-state index contributed by atoms with van der Waals surface area (Å²) < 4.78 is 7.03. The molecule has 0 aliphatic carbocycles. The van der Waals surface area contributed by atoms with Crippen LogP contribution in [0.4, 0.5) is 5.69 Å². The number of hydrogen-bond donors (Lipinski definition) is 1. The predicted octanol–water partition coefficient (Wildman–Crippen LogP) is -0.261. The molecule has 0 bridgehead atoms. The van der Waals surface area contributed by atoms with Gasteiger partial charge in [-0.3, -0.25) is 4.79 Å². The molecule has 1 atom stereocenters. The average Bonchev–Trinajstić information content (AvgIpc) is 2.55. The summed E-state index contributed by atoms with van der Waals surface area (Å²) in [6.45, 7) is 2.23. The summed E-state index contributed by atoms with van der Waals surface area (Å²) in [5, 5.41) is 4.01. The lowest BCUT2D eigenvalue weighted by Crippen LogP contribution is -2.25. The van der Waals surface area contributed by atoms with Crippen molar-refractivity contribution in [2.24, 2.45) is 12.8 Å². The van der Waals surface area contributed by atoms with E-state index in [1.54, 1.807) is 25.0 Å². The molecule has 0 spiro atoms. The molecule has 0 aromatic carbocycles. The van der Waals surface area contributed by atoms with Gasteiger partial charge in [0.2, 0.25) is 12.3 Å². The standard InChI is InChI=1S/C9H16N4O2/c1-7(10)5-15-9-8(12(2)6-14)4-11-13(9)3/h4,6-7H,5,10H2,1-3H3. The Bertz CT molecular complexity index is 335. The molecular weight excluding hydrogens is 196 g/mol. The van der Waals surface area contributed by atoms with Crippen molar-refractivity contribution in [2.75, 3.05) is 18.6 Å². The Labute approximate surface area is 88.6 Å². The number of carbonyl (C=O) groups is 1. The van der Waals surface area contributed by atoms with Crippen LogP contribution in [-0.4, -0.2) is 35.9 Å². The molecule has 0 aliphatic heterocycles. The van der Waals surface area contributed by atoms with Crippen LogP contribution in [0.15, 0.2) is 6.20 Å². The van der Waals surface area contributed by atoms with Gasteiger partial charge >= 0.3 is 0 Å². The zero-order valence-electron chi connectivity index (χ0n) is 9.17. The van der Waals surface area contributed by atoms with E-state index in [2.05, 4.69) is 5.10 Å². The van der Waals surface area contributed by atoms with Crippen LogP contribution in [0, 0.1) is 0 Å². The molecule has 1 aromatic rings. The molecule has 1 amide bonds. The van der Waals surface area contributed by atoms with E-state index in [1.807, 2.05) is 6.92 Å². The molecule has 2 N–H and O–H groups in total. The second-order valence-corrected chi connectivity index (χ2v) is 3.46. The van der Waals surface area contributed by atoms with E-state index in [9.17, 15) is 4.79 Å². The van der Waals surface area contributed by atoms with E-state index < -0.39 is 0 Å². The van der Waals surface area contributed by atoms with E-state index in [0.29, 0.717) is 24.6 Å². The summed E-state index contributed by atoms with van der Waals surface area (Å²) in [4.78, 5) is 12.0. The number of nitrogens with two attached hydrogens (primary N) is 1. The zero-order valence-corrected chi connectivity index (χ0v) is 9.17. The smallest absolute Gasteiger partial charge is 0.236 e. The number of hydrogen-bond acceptors (Lipinski definition) is 4. The first kappa shape index (κ1) is 11.5. The van der Waals surface area contributed by atoms with Crippen molar-refractivity contribution >= 4 is 12.1 Å². The van der Waals surface area contributed by atoms with Crippen LogP contribution in [0.2, 0.25) is 0 Å². The highest BCUT2D eigenvalue weighted by Crippen LogP contribution is 2.25. The molecule has 1 rings (SSSR count). The minimum absolute atomic E-state index is 0.0608. The van der Waals surface area contributed by atoms with Crippen LogP contribution in [0.1, 0.15) is 6.92 Å².